The SMILES string of the molecule is C[C@@]12Oc3ccccc3[C@H](NC(=S)N1c1cccc(F)c1)[C@@H]2C(=O)Nc1ccc(Cl)cc1. The number of nitrogens with zero attached hydrogens (tertiary/aromatic N) is 1. The Labute approximate surface area is 195 Å². The summed E-state index contributed by atoms with van der Waals surface area (Å²) in [4.78, 5) is 15.3. The van der Waals surface area contributed by atoms with Gasteiger partial charge >= 0.3 is 0 Å². The van der Waals surface area contributed by atoms with Gasteiger partial charge in [-0.1, -0.05) is 35.9 Å². The number of benzene rings is 3. The molecule has 1 saturated heterocycles. The van der Waals surface area contributed by atoms with Crippen molar-refractivity contribution in [1.29, 1.82) is 0 Å². The van der Waals surface area contributed by atoms with Gasteiger partial charge < -0.3 is 15.4 Å². The van der Waals surface area contributed by atoms with Crippen LogP contribution in [0.3, 0.4) is 0 Å². The molecule has 162 valence electrons. The van der Waals surface area contributed by atoms with Crippen LogP contribution < -0.4 is 20.3 Å². The van der Waals surface area contributed by atoms with E-state index in [1.807, 2.05) is 24.3 Å². The van der Waals surface area contributed by atoms with Gasteiger partial charge in [0.25, 0.3) is 0 Å². The number of fused-ring (bicyclic) bond motifs is 4. The largest absolute Gasteiger partial charge is 0.467 e. The van der Waals surface area contributed by atoms with Gasteiger partial charge in [-0.3, -0.25) is 9.69 Å². The molecule has 3 atom stereocenters. The van der Waals surface area contributed by atoms with Crippen molar-refractivity contribution in [1.82, 2.24) is 5.32 Å². The number of thiocarbonyl (C=S) groups is 1. The molecule has 0 radical (unpaired) electrons. The lowest BCUT2D eigenvalue weighted by atomic mass is 9.78. The van der Waals surface area contributed by atoms with Crippen LogP contribution >= 0.6 is 23.8 Å². The maximum Gasteiger partial charge on any atom is 0.236 e. The minimum Gasteiger partial charge on any atom is -0.467 e. The van der Waals surface area contributed by atoms with E-state index in [0.717, 1.165) is 5.56 Å². The van der Waals surface area contributed by atoms with Gasteiger partial charge in [0.15, 0.2) is 10.8 Å². The first-order chi connectivity index (χ1) is 15.4. The van der Waals surface area contributed by atoms with Crippen molar-refractivity contribution in [2.24, 2.45) is 5.92 Å². The minimum atomic E-state index is -1.20. The van der Waals surface area contributed by atoms with Crippen LogP contribution in [0.5, 0.6) is 5.75 Å². The molecule has 0 aromatic heterocycles. The Kier molecular flexibility index (Phi) is 5.03. The summed E-state index contributed by atoms with van der Waals surface area (Å²) in [6.07, 6.45) is 0. The maximum atomic E-state index is 14.1. The number of ether oxygens (including phenoxy) is 1. The van der Waals surface area contributed by atoms with Gasteiger partial charge in [0.05, 0.1) is 6.04 Å². The third-order valence-corrected chi connectivity index (χ3v) is 6.42. The van der Waals surface area contributed by atoms with Gasteiger partial charge in [0.2, 0.25) is 5.91 Å². The van der Waals surface area contributed by atoms with Crippen LogP contribution in [0, 0.1) is 11.7 Å². The van der Waals surface area contributed by atoms with E-state index in [4.69, 9.17) is 28.6 Å². The molecule has 5 nitrogen and oxygen atoms in total. The second kappa shape index (κ2) is 7.76. The van der Waals surface area contributed by atoms with Crippen molar-refractivity contribution >= 4 is 46.2 Å². The van der Waals surface area contributed by atoms with Crippen LogP contribution in [0.1, 0.15) is 18.5 Å². The van der Waals surface area contributed by atoms with Crippen LogP contribution in [0.4, 0.5) is 15.8 Å². The summed E-state index contributed by atoms with van der Waals surface area (Å²) in [5.74, 6) is -0.727. The smallest absolute Gasteiger partial charge is 0.236 e. The van der Waals surface area contributed by atoms with Crippen LogP contribution in [0.2, 0.25) is 5.02 Å². The van der Waals surface area contributed by atoms with Crippen LogP contribution in [0.25, 0.3) is 0 Å². The predicted octanol–water partition coefficient (Wildman–Crippen LogP) is 5.28. The van der Waals surface area contributed by atoms with E-state index in [2.05, 4.69) is 10.6 Å². The summed E-state index contributed by atoms with van der Waals surface area (Å²) in [5.41, 5.74) is 0.737. The van der Waals surface area contributed by atoms with Gasteiger partial charge in [-0.05, 0) is 67.7 Å². The molecule has 2 aliphatic heterocycles. The first-order valence-electron chi connectivity index (χ1n) is 10.1. The van der Waals surface area contributed by atoms with Crippen molar-refractivity contribution in [3.63, 3.8) is 0 Å². The number of anilines is 2. The summed E-state index contributed by atoms with van der Waals surface area (Å²) in [6.45, 7) is 1.81. The topological polar surface area (TPSA) is 53.6 Å². The molecule has 0 unspecified atom stereocenters. The third-order valence-electron chi connectivity index (χ3n) is 5.87. The Morgan fingerprint density at radius 3 is 2.66 bits per heavy atom. The van der Waals surface area contributed by atoms with Gasteiger partial charge in [-0.25, -0.2) is 4.39 Å². The summed E-state index contributed by atoms with van der Waals surface area (Å²) in [5, 5.41) is 7.19. The predicted molar refractivity (Wildman–Crippen MR) is 126 cm³/mol. The summed E-state index contributed by atoms with van der Waals surface area (Å²) >= 11 is 11.6. The van der Waals surface area contributed by atoms with Crippen molar-refractivity contribution < 1.29 is 13.9 Å². The van der Waals surface area contributed by atoms with E-state index < -0.39 is 23.5 Å². The number of amides is 1. The molecule has 3 aromatic rings. The zero-order valence-corrected chi connectivity index (χ0v) is 18.6. The first-order valence-corrected chi connectivity index (χ1v) is 10.9. The molecular weight excluding hydrogens is 449 g/mol. The van der Waals surface area contributed by atoms with Crippen LogP contribution in [0.15, 0.2) is 72.8 Å². The highest BCUT2D eigenvalue weighted by molar-refractivity contribution is 7.80. The Morgan fingerprint density at radius 2 is 1.91 bits per heavy atom. The Balaban J connectivity index is 1.61. The number of rotatable bonds is 3. The van der Waals surface area contributed by atoms with E-state index in [1.54, 1.807) is 48.2 Å². The fraction of sp³-hybridized carbons (Fsp3) is 0.167. The second-order valence-corrected chi connectivity index (χ2v) is 8.73. The van der Waals surface area contributed by atoms with E-state index in [0.29, 0.717) is 27.3 Å². The Bertz CT molecular complexity index is 1220. The summed E-state index contributed by atoms with van der Waals surface area (Å²) in [7, 11) is 0. The lowest BCUT2D eigenvalue weighted by Crippen LogP contribution is -2.72. The fourth-order valence-corrected chi connectivity index (χ4v) is 5.03. The number of hydrogen-bond donors (Lipinski definition) is 2. The average molecular weight is 468 g/mol. The van der Waals surface area contributed by atoms with Crippen molar-refractivity contribution in [2.45, 2.75) is 18.7 Å². The molecule has 8 heteroatoms. The maximum absolute atomic E-state index is 14.1. The summed E-state index contributed by atoms with van der Waals surface area (Å²) < 4.78 is 20.5. The first kappa shape index (κ1) is 20.7. The van der Waals surface area contributed by atoms with Crippen molar-refractivity contribution in [3.8, 4) is 5.75 Å². The molecule has 2 bridgehead atoms. The van der Waals surface area contributed by atoms with Gasteiger partial charge in [0, 0.05) is 22.0 Å². The molecule has 5 rings (SSSR count). The lowest BCUT2D eigenvalue weighted by molar-refractivity contribution is -0.130. The monoisotopic (exact) mass is 467 g/mol. The van der Waals surface area contributed by atoms with Crippen molar-refractivity contribution in [3.05, 3.63) is 89.2 Å². The molecule has 0 saturated carbocycles. The van der Waals surface area contributed by atoms with Gasteiger partial charge in [0.1, 0.15) is 17.5 Å². The highest BCUT2D eigenvalue weighted by Gasteiger charge is 2.59. The van der Waals surface area contributed by atoms with Crippen molar-refractivity contribution in [2.75, 3.05) is 10.2 Å². The normalized spacial score (nSPS) is 23.6. The zero-order valence-electron chi connectivity index (χ0n) is 17.0. The van der Waals surface area contributed by atoms with Crippen LogP contribution in [-0.2, 0) is 4.79 Å². The number of halogens is 2. The molecule has 2 N–H and O–H groups in total. The molecular formula is C24H19ClFN3O2S. The number of nitrogens with one attached hydrogen (secondary N) is 2. The number of carbonyl (C=O) groups is 1. The van der Waals surface area contributed by atoms with E-state index in [-0.39, 0.29) is 5.91 Å². The average Bonchev–Trinajstić information content (AvgIpc) is 2.74. The Hall–Kier alpha value is -3.16. The fourth-order valence-electron chi connectivity index (χ4n) is 4.49. The molecule has 1 amide bonds. The molecule has 0 spiro atoms. The second-order valence-electron chi connectivity index (χ2n) is 7.91. The zero-order chi connectivity index (χ0) is 22.5. The molecule has 0 aliphatic carbocycles. The van der Waals surface area contributed by atoms with Gasteiger partial charge in [-0.2, -0.15) is 0 Å². The van der Waals surface area contributed by atoms with Crippen LogP contribution in [-0.4, -0.2) is 16.7 Å². The minimum absolute atomic E-state index is 0.259. The highest BCUT2D eigenvalue weighted by Crippen LogP contribution is 2.49. The third kappa shape index (κ3) is 3.38. The quantitative estimate of drug-likeness (QED) is 0.513. The molecule has 3 aromatic carbocycles. The summed E-state index contributed by atoms with van der Waals surface area (Å²) in [6, 6.07) is 20.1. The van der Waals surface area contributed by atoms with E-state index in [9.17, 15) is 9.18 Å². The standard InChI is InChI=1S/C24H19ClFN3O2S/c1-24-20(22(30)27-16-11-9-14(25)10-12-16)21(18-7-2-3-8-19(18)31-24)28-23(32)29(24)17-6-4-5-15(26)13-17/h2-13,20-21H,1H3,(H,27,30)(H,28,32)/t20-,21+,24+/m1/s1. The lowest BCUT2D eigenvalue weighted by Gasteiger charge is -2.56. The molecule has 2 heterocycles. The van der Waals surface area contributed by atoms with E-state index in [1.165, 1.54) is 12.1 Å². The highest BCUT2D eigenvalue weighted by atomic mass is 35.5. The number of hydrogen-bond acceptors (Lipinski definition) is 3. The number of para-hydroxylation sites is 1. The molecule has 1 fully saturated rings. The number of carbonyl (C=O) groups excluding carboxylic acids is 1. The molecule has 2 aliphatic rings. The molecule has 32 heavy (non-hydrogen) atoms. The van der Waals surface area contributed by atoms with Gasteiger partial charge in [-0.15, -0.1) is 0 Å². The van der Waals surface area contributed by atoms with E-state index >= 15 is 0 Å². The Morgan fingerprint density at radius 1 is 1.16 bits per heavy atom.